The summed E-state index contributed by atoms with van der Waals surface area (Å²) in [6.45, 7) is 8.45. The second-order valence-corrected chi connectivity index (χ2v) is 9.52. The van der Waals surface area contributed by atoms with Crippen LogP contribution in [0.2, 0.25) is 0 Å². The Bertz CT molecular complexity index is 692. The number of nitrogens with zero attached hydrogens (tertiary/aromatic N) is 1. The molecule has 2 aliphatic rings. The molecule has 1 saturated heterocycles. The van der Waals surface area contributed by atoms with Gasteiger partial charge in [0.2, 0.25) is 0 Å². The Kier molecular flexibility index (Phi) is 9.66. The number of carbonyl (C=O) groups excluding carboxylic acids is 1. The highest BCUT2D eigenvalue weighted by molar-refractivity contribution is 5.78. The van der Waals surface area contributed by atoms with Crippen LogP contribution in [-0.4, -0.2) is 48.6 Å². The minimum Gasteiger partial charge on any atom is -0.486 e. The van der Waals surface area contributed by atoms with E-state index < -0.39 is 6.10 Å². The summed E-state index contributed by atoms with van der Waals surface area (Å²) in [5.74, 6) is 2.27. The van der Waals surface area contributed by atoms with E-state index in [1.165, 1.54) is 32.1 Å². The van der Waals surface area contributed by atoms with Crippen LogP contribution < -0.4 is 9.47 Å². The number of piperidine rings is 1. The summed E-state index contributed by atoms with van der Waals surface area (Å²) in [5.41, 5.74) is 0.815. The van der Waals surface area contributed by atoms with E-state index in [-0.39, 0.29) is 11.7 Å². The van der Waals surface area contributed by atoms with Gasteiger partial charge in [-0.05, 0) is 49.4 Å². The van der Waals surface area contributed by atoms with Crippen LogP contribution in [0.4, 0.5) is 0 Å². The van der Waals surface area contributed by atoms with Gasteiger partial charge < -0.3 is 19.5 Å². The zero-order chi connectivity index (χ0) is 22.1. The second-order valence-electron chi connectivity index (χ2n) is 9.52. The maximum atomic E-state index is 12.8. The van der Waals surface area contributed by atoms with Crippen molar-refractivity contribution >= 4 is 5.78 Å². The van der Waals surface area contributed by atoms with Crippen LogP contribution in [0, 0.1) is 11.8 Å². The largest absolute Gasteiger partial charge is 0.486 e. The van der Waals surface area contributed by atoms with Gasteiger partial charge >= 0.3 is 0 Å². The van der Waals surface area contributed by atoms with Crippen molar-refractivity contribution in [2.75, 3.05) is 32.8 Å². The maximum Gasteiger partial charge on any atom is 0.161 e. The third kappa shape index (κ3) is 7.50. The van der Waals surface area contributed by atoms with Crippen molar-refractivity contribution in [3.63, 3.8) is 0 Å². The molecule has 0 amide bonds. The second kappa shape index (κ2) is 12.4. The Balaban J connectivity index is 1.64. The Morgan fingerprint density at radius 3 is 2.71 bits per heavy atom. The Morgan fingerprint density at radius 2 is 1.94 bits per heavy atom. The molecule has 1 fully saturated rings. The first-order valence-corrected chi connectivity index (χ1v) is 12.4. The van der Waals surface area contributed by atoms with E-state index >= 15 is 0 Å². The number of fused-ring (bicyclic) bond motifs is 1. The van der Waals surface area contributed by atoms with Crippen LogP contribution in [0.3, 0.4) is 0 Å². The summed E-state index contributed by atoms with van der Waals surface area (Å²) < 4.78 is 11.3. The van der Waals surface area contributed by atoms with Crippen molar-refractivity contribution in [2.45, 2.75) is 77.7 Å². The van der Waals surface area contributed by atoms with Crippen LogP contribution in [0.25, 0.3) is 0 Å². The first-order valence-electron chi connectivity index (χ1n) is 12.4. The highest BCUT2D eigenvalue weighted by Gasteiger charge is 2.28. The number of hydrogen-bond donors (Lipinski definition) is 1. The average Bonchev–Trinajstić information content (AvgIpc) is 2.77. The fraction of sp³-hybridized carbons (Fsp3) is 0.731. The molecule has 1 aromatic rings. The number of carbonyl (C=O) groups is 1. The van der Waals surface area contributed by atoms with Crippen molar-refractivity contribution < 1.29 is 19.4 Å². The number of aliphatic hydroxyl groups excluding tert-OH is 1. The Morgan fingerprint density at radius 1 is 1.16 bits per heavy atom. The van der Waals surface area contributed by atoms with Crippen molar-refractivity contribution in [1.29, 1.82) is 0 Å². The van der Waals surface area contributed by atoms with Gasteiger partial charge in [-0.2, -0.15) is 0 Å². The molecule has 5 heteroatoms. The quantitative estimate of drug-likeness (QED) is 0.463. The fourth-order valence-electron chi connectivity index (χ4n) is 4.90. The Hall–Kier alpha value is -1.59. The van der Waals surface area contributed by atoms with Crippen molar-refractivity contribution in [3.8, 4) is 11.5 Å². The number of aliphatic hydroxyl groups is 1. The van der Waals surface area contributed by atoms with Crippen LogP contribution in [0.1, 0.15) is 83.3 Å². The number of ketones is 1. The number of benzene rings is 1. The normalized spacial score (nSPS) is 20.9. The molecule has 5 nitrogen and oxygen atoms in total. The number of ether oxygens (including phenoxy) is 2. The van der Waals surface area contributed by atoms with Gasteiger partial charge in [0.25, 0.3) is 0 Å². The summed E-state index contributed by atoms with van der Waals surface area (Å²) in [7, 11) is 0. The van der Waals surface area contributed by atoms with Crippen LogP contribution in [0.5, 0.6) is 11.5 Å². The molecule has 2 aliphatic heterocycles. The molecule has 0 aliphatic carbocycles. The lowest BCUT2D eigenvalue weighted by atomic mass is 9.88. The molecule has 1 aromatic carbocycles. The molecule has 3 rings (SSSR count). The molecule has 174 valence electrons. The van der Waals surface area contributed by atoms with Gasteiger partial charge in [0.1, 0.15) is 19.0 Å². The van der Waals surface area contributed by atoms with E-state index in [1.54, 1.807) is 0 Å². The number of hydrogen-bond acceptors (Lipinski definition) is 5. The molecule has 0 bridgehead atoms. The molecule has 3 atom stereocenters. The zero-order valence-corrected chi connectivity index (χ0v) is 19.5. The molecule has 0 spiro atoms. The molecule has 0 saturated carbocycles. The van der Waals surface area contributed by atoms with Gasteiger partial charge in [0, 0.05) is 31.8 Å². The predicted molar refractivity (Wildman–Crippen MR) is 124 cm³/mol. The lowest BCUT2D eigenvalue weighted by Gasteiger charge is -2.35. The molecule has 31 heavy (non-hydrogen) atoms. The molecule has 2 heterocycles. The van der Waals surface area contributed by atoms with Gasteiger partial charge in [-0.1, -0.05) is 45.6 Å². The zero-order valence-electron chi connectivity index (χ0n) is 19.5. The molecule has 1 N–H and O–H groups in total. The smallest absolute Gasteiger partial charge is 0.161 e. The molecular formula is C26H41NO4. The van der Waals surface area contributed by atoms with Gasteiger partial charge in [-0.25, -0.2) is 0 Å². The summed E-state index contributed by atoms with van der Waals surface area (Å²) in [6, 6.07) is 5.68. The third-order valence-electron chi connectivity index (χ3n) is 6.64. The van der Waals surface area contributed by atoms with Crippen LogP contribution in [-0.2, 0) is 4.79 Å². The number of Topliss-reactive ketones (excluding diaryl/α,β-unsaturated/α-hetero) is 1. The van der Waals surface area contributed by atoms with Crippen molar-refractivity contribution in [2.24, 2.45) is 11.8 Å². The van der Waals surface area contributed by atoms with Crippen molar-refractivity contribution in [1.82, 2.24) is 4.90 Å². The maximum absolute atomic E-state index is 12.8. The summed E-state index contributed by atoms with van der Waals surface area (Å²) in [4.78, 5) is 15.2. The molecule has 3 unspecified atom stereocenters. The van der Waals surface area contributed by atoms with Gasteiger partial charge in [0.15, 0.2) is 11.5 Å². The minimum absolute atomic E-state index is 0.101. The fourth-order valence-corrected chi connectivity index (χ4v) is 4.90. The number of rotatable bonds is 12. The van der Waals surface area contributed by atoms with Crippen molar-refractivity contribution in [3.05, 3.63) is 23.8 Å². The molecule has 0 radical (unpaired) electrons. The first-order chi connectivity index (χ1) is 15.1. The number of likely N-dealkylation sites (tertiary alicyclic amines) is 1. The van der Waals surface area contributed by atoms with E-state index in [9.17, 15) is 9.90 Å². The topological polar surface area (TPSA) is 59.0 Å². The van der Waals surface area contributed by atoms with Gasteiger partial charge in [-0.3, -0.25) is 4.79 Å². The SMILES string of the molecule is CCCCCCCC(=O)CC(CN1CCCC(C)C1)C(O)c1ccc2c(c1)OCCO2. The van der Waals surface area contributed by atoms with E-state index in [2.05, 4.69) is 18.7 Å². The Labute approximate surface area is 188 Å². The number of unbranched alkanes of at least 4 members (excludes halogenated alkanes) is 4. The summed E-state index contributed by atoms with van der Waals surface area (Å²) in [6.07, 6.45) is 8.60. The summed E-state index contributed by atoms with van der Waals surface area (Å²) in [5, 5.41) is 11.3. The third-order valence-corrected chi connectivity index (χ3v) is 6.64. The van der Waals surface area contributed by atoms with E-state index in [4.69, 9.17) is 9.47 Å². The van der Waals surface area contributed by atoms with Gasteiger partial charge in [0.05, 0.1) is 6.10 Å². The summed E-state index contributed by atoms with van der Waals surface area (Å²) >= 11 is 0. The van der Waals surface area contributed by atoms with E-state index in [0.717, 1.165) is 43.8 Å². The molecule has 0 aromatic heterocycles. The molecular weight excluding hydrogens is 390 g/mol. The van der Waals surface area contributed by atoms with Crippen LogP contribution in [0.15, 0.2) is 18.2 Å². The van der Waals surface area contributed by atoms with E-state index in [1.807, 2.05) is 18.2 Å². The highest BCUT2D eigenvalue weighted by Crippen LogP contribution is 2.36. The monoisotopic (exact) mass is 431 g/mol. The lowest BCUT2D eigenvalue weighted by molar-refractivity contribution is -0.121. The predicted octanol–water partition coefficient (Wildman–Crippen LogP) is 5.16. The first kappa shape index (κ1) is 24.1. The standard InChI is InChI=1S/C26H41NO4/c1-3-4-5-6-7-10-23(28)16-22(19-27-13-8-9-20(2)18-27)26(29)21-11-12-24-25(17-21)31-15-14-30-24/h11-12,17,20,22,26,29H,3-10,13-16,18-19H2,1-2H3. The lowest BCUT2D eigenvalue weighted by Crippen LogP contribution is -2.39. The van der Waals surface area contributed by atoms with Crippen LogP contribution >= 0.6 is 0 Å². The average molecular weight is 432 g/mol. The minimum atomic E-state index is -0.683. The van der Waals surface area contributed by atoms with Gasteiger partial charge in [-0.15, -0.1) is 0 Å². The highest BCUT2D eigenvalue weighted by atomic mass is 16.6. The van der Waals surface area contributed by atoms with E-state index in [0.29, 0.717) is 37.7 Å².